The summed E-state index contributed by atoms with van der Waals surface area (Å²) in [5, 5.41) is 13.3. The molecule has 0 bridgehead atoms. The van der Waals surface area contributed by atoms with Crippen LogP contribution in [0.4, 0.5) is 18.9 Å². The minimum Gasteiger partial charge on any atom is -0.380 e. The molecule has 5 nitrogen and oxygen atoms in total. The smallest absolute Gasteiger partial charge is 0.380 e. The monoisotopic (exact) mass is 393 g/mol. The number of hydrogen-bond acceptors (Lipinski definition) is 4. The van der Waals surface area contributed by atoms with Crippen LogP contribution < -0.4 is 10.2 Å². The minimum absolute atomic E-state index is 0.0707. The molecule has 1 saturated heterocycles. The Balaban J connectivity index is 1.64. The van der Waals surface area contributed by atoms with Crippen LogP contribution >= 0.6 is 0 Å². The Kier molecular flexibility index (Phi) is 4.49. The number of carbonyl (C=O) groups is 1. The highest BCUT2D eigenvalue weighted by molar-refractivity contribution is 5.94. The number of anilines is 1. The number of benzene rings is 1. The second-order valence-electron chi connectivity index (χ2n) is 7.98. The Labute approximate surface area is 160 Å². The molecule has 1 aromatic heterocycles. The number of aliphatic hydroxyl groups is 1. The molecule has 2 aliphatic rings. The van der Waals surface area contributed by atoms with Gasteiger partial charge in [-0.25, -0.2) is 0 Å². The molecule has 2 heterocycles. The molecular formula is C20H22F3N3O2. The zero-order chi connectivity index (χ0) is 20.1. The number of pyridine rings is 1. The van der Waals surface area contributed by atoms with E-state index in [9.17, 15) is 23.1 Å². The third-order valence-corrected chi connectivity index (χ3v) is 5.53. The zero-order valence-electron chi connectivity index (χ0n) is 15.5. The lowest BCUT2D eigenvalue weighted by molar-refractivity contribution is -0.136. The van der Waals surface area contributed by atoms with E-state index in [4.69, 9.17) is 0 Å². The first-order valence-corrected chi connectivity index (χ1v) is 9.40. The molecule has 8 heteroatoms. The van der Waals surface area contributed by atoms with E-state index in [1.54, 1.807) is 12.1 Å². The van der Waals surface area contributed by atoms with Gasteiger partial charge in [-0.3, -0.25) is 9.78 Å². The Morgan fingerprint density at radius 3 is 2.71 bits per heavy atom. The van der Waals surface area contributed by atoms with Gasteiger partial charge >= 0.3 is 6.18 Å². The van der Waals surface area contributed by atoms with Crippen LogP contribution in [-0.2, 0) is 11.0 Å². The summed E-state index contributed by atoms with van der Waals surface area (Å²) in [6.45, 7) is 3.19. The van der Waals surface area contributed by atoms with E-state index < -0.39 is 17.3 Å². The van der Waals surface area contributed by atoms with Gasteiger partial charge in [-0.15, -0.1) is 0 Å². The van der Waals surface area contributed by atoms with E-state index in [1.807, 2.05) is 11.8 Å². The van der Waals surface area contributed by atoms with Gasteiger partial charge < -0.3 is 15.3 Å². The molecule has 0 unspecified atom stereocenters. The number of alkyl halides is 3. The Morgan fingerprint density at radius 1 is 1.29 bits per heavy atom. The Hall–Kier alpha value is -2.35. The Bertz CT molecular complexity index is 911. The number of nitrogens with zero attached hydrogens (tertiary/aromatic N) is 2. The maximum absolute atomic E-state index is 13.4. The third kappa shape index (κ3) is 3.53. The van der Waals surface area contributed by atoms with E-state index in [0.29, 0.717) is 37.0 Å². The van der Waals surface area contributed by atoms with Crippen LogP contribution in [0.5, 0.6) is 0 Å². The quantitative estimate of drug-likeness (QED) is 0.841. The van der Waals surface area contributed by atoms with Crippen molar-refractivity contribution in [2.45, 2.75) is 44.0 Å². The van der Waals surface area contributed by atoms with Crippen molar-refractivity contribution in [1.29, 1.82) is 0 Å². The summed E-state index contributed by atoms with van der Waals surface area (Å²) in [6, 6.07) is 5.66. The minimum atomic E-state index is -4.48. The maximum Gasteiger partial charge on any atom is 0.418 e. The highest BCUT2D eigenvalue weighted by Crippen LogP contribution is 2.39. The standard InChI is InChI=1S/C20H22F3N3O2/c1-12-9-13(25-18(27)19(28)6-7-19)11-26(10-12)16-5-4-15(20(21,22)23)17-14(16)3-2-8-24-17/h2-5,8,12-13,28H,6-7,9-11H2,1H3,(H,25,27)/t12-,13+/m0/s1. The summed E-state index contributed by atoms with van der Waals surface area (Å²) >= 11 is 0. The van der Waals surface area contributed by atoms with Crippen molar-refractivity contribution in [3.8, 4) is 0 Å². The van der Waals surface area contributed by atoms with Gasteiger partial charge in [0.25, 0.3) is 5.91 Å². The lowest BCUT2D eigenvalue weighted by Crippen LogP contribution is -2.53. The van der Waals surface area contributed by atoms with Crippen LogP contribution in [0.3, 0.4) is 0 Å². The number of carbonyl (C=O) groups excluding carboxylic acids is 1. The van der Waals surface area contributed by atoms with Crippen molar-refractivity contribution in [3.05, 3.63) is 36.0 Å². The van der Waals surface area contributed by atoms with Gasteiger partial charge in [-0.1, -0.05) is 6.92 Å². The molecule has 1 saturated carbocycles. The number of halogens is 3. The van der Waals surface area contributed by atoms with Gasteiger partial charge in [-0.2, -0.15) is 13.2 Å². The van der Waals surface area contributed by atoms with Crippen LogP contribution in [0.25, 0.3) is 10.9 Å². The van der Waals surface area contributed by atoms with Crippen molar-refractivity contribution in [2.24, 2.45) is 5.92 Å². The number of aromatic nitrogens is 1. The Morgan fingerprint density at radius 2 is 2.04 bits per heavy atom. The molecule has 2 aromatic rings. The van der Waals surface area contributed by atoms with Gasteiger partial charge in [0.05, 0.1) is 11.1 Å². The first kappa shape index (κ1) is 19.0. The van der Waals surface area contributed by atoms with E-state index in [0.717, 1.165) is 12.5 Å². The van der Waals surface area contributed by atoms with Crippen molar-refractivity contribution >= 4 is 22.5 Å². The number of hydrogen-bond donors (Lipinski definition) is 2. The number of nitrogens with one attached hydrogen (secondary N) is 1. The number of piperidine rings is 1. The van der Waals surface area contributed by atoms with Crippen molar-refractivity contribution < 1.29 is 23.1 Å². The number of fused-ring (bicyclic) bond motifs is 1. The molecule has 1 aliphatic heterocycles. The molecule has 28 heavy (non-hydrogen) atoms. The van der Waals surface area contributed by atoms with Crippen molar-refractivity contribution in [3.63, 3.8) is 0 Å². The lowest BCUT2D eigenvalue weighted by Gasteiger charge is -2.39. The van der Waals surface area contributed by atoms with Gasteiger partial charge in [0, 0.05) is 36.4 Å². The second kappa shape index (κ2) is 6.62. The number of rotatable bonds is 3. The van der Waals surface area contributed by atoms with Crippen LogP contribution in [0.2, 0.25) is 0 Å². The van der Waals surface area contributed by atoms with Crippen LogP contribution in [0.1, 0.15) is 31.7 Å². The lowest BCUT2D eigenvalue weighted by atomic mass is 9.94. The van der Waals surface area contributed by atoms with E-state index in [1.165, 1.54) is 12.3 Å². The average Bonchev–Trinajstić information content (AvgIpc) is 3.38. The second-order valence-corrected chi connectivity index (χ2v) is 7.98. The molecule has 1 aliphatic carbocycles. The van der Waals surface area contributed by atoms with Crippen molar-refractivity contribution in [2.75, 3.05) is 18.0 Å². The normalized spacial score (nSPS) is 24.2. The highest BCUT2D eigenvalue weighted by atomic mass is 19.4. The van der Waals surface area contributed by atoms with Gasteiger partial charge in [0.1, 0.15) is 5.60 Å². The largest absolute Gasteiger partial charge is 0.418 e. The van der Waals surface area contributed by atoms with E-state index in [-0.39, 0.29) is 23.4 Å². The molecule has 0 radical (unpaired) electrons. The fourth-order valence-corrected chi connectivity index (χ4v) is 3.98. The molecule has 150 valence electrons. The summed E-state index contributed by atoms with van der Waals surface area (Å²) < 4.78 is 40.1. The maximum atomic E-state index is 13.4. The first-order valence-electron chi connectivity index (χ1n) is 9.40. The average molecular weight is 393 g/mol. The fraction of sp³-hybridized carbons (Fsp3) is 0.500. The summed E-state index contributed by atoms with van der Waals surface area (Å²) in [5.41, 5.74) is -1.39. The van der Waals surface area contributed by atoms with Gasteiger partial charge in [0.15, 0.2) is 0 Å². The topological polar surface area (TPSA) is 65.5 Å². The van der Waals surface area contributed by atoms with Crippen LogP contribution in [0, 0.1) is 5.92 Å². The molecule has 2 N–H and O–H groups in total. The summed E-state index contributed by atoms with van der Waals surface area (Å²) in [5.74, 6) is -0.118. The predicted octanol–water partition coefficient (Wildman–Crippen LogP) is 3.11. The summed E-state index contributed by atoms with van der Waals surface area (Å²) in [4.78, 5) is 18.2. The van der Waals surface area contributed by atoms with Crippen molar-refractivity contribution in [1.82, 2.24) is 10.3 Å². The first-order chi connectivity index (χ1) is 13.2. The molecule has 0 spiro atoms. The SMILES string of the molecule is C[C@H]1C[C@@H](NC(=O)C2(O)CC2)CN(c2ccc(C(F)(F)F)c3ncccc23)C1. The molecular weight excluding hydrogens is 371 g/mol. The highest BCUT2D eigenvalue weighted by Gasteiger charge is 2.48. The van der Waals surface area contributed by atoms with Crippen LogP contribution in [-0.4, -0.2) is 40.7 Å². The van der Waals surface area contributed by atoms with Crippen LogP contribution in [0.15, 0.2) is 30.5 Å². The van der Waals surface area contributed by atoms with Gasteiger partial charge in [-0.05, 0) is 49.4 Å². The third-order valence-electron chi connectivity index (χ3n) is 5.53. The fourth-order valence-electron chi connectivity index (χ4n) is 3.98. The molecule has 1 amide bonds. The predicted molar refractivity (Wildman–Crippen MR) is 98.9 cm³/mol. The number of amides is 1. The van der Waals surface area contributed by atoms with Gasteiger partial charge in [0.2, 0.25) is 0 Å². The molecule has 4 rings (SSSR count). The molecule has 2 atom stereocenters. The zero-order valence-corrected chi connectivity index (χ0v) is 15.5. The summed E-state index contributed by atoms with van der Waals surface area (Å²) in [6.07, 6.45) is -1.41. The summed E-state index contributed by atoms with van der Waals surface area (Å²) in [7, 11) is 0. The van der Waals surface area contributed by atoms with E-state index in [2.05, 4.69) is 10.3 Å². The molecule has 1 aromatic carbocycles. The molecule has 2 fully saturated rings. The van der Waals surface area contributed by atoms with E-state index >= 15 is 0 Å².